The zero-order valence-electron chi connectivity index (χ0n) is 27.6. The van der Waals surface area contributed by atoms with Gasteiger partial charge in [-0.15, -0.1) is 0 Å². The largest absolute Gasteiger partial charge is 0.378 e. The standard InChI is InChI=1S/C32H62N6O5/c1-26-28(35-30(40)34-26)15-11-8-12-16-29(39)33-17-19-41-21-23-43-24-22-42-20-18-38-25-32(36-37-38,31(2,3)4)27-13-9-6-5-7-10-14-27/h26-28,36-37H,5-25H2,1-4H3,(H,33,39)(H2,34,35,40)/t26-,28+,32?/m0/s1. The molecule has 3 aliphatic rings. The smallest absolute Gasteiger partial charge is 0.315 e. The Balaban J connectivity index is 1.11. The summed E-state index contributed by atoms with van der Waals surface area (Å²) in [6.07, 6.45) is 13.8. The third-order valence-corrected chi connectivity index (χ3v) is 9.53. The fourth-order valence-electron chi connectivity index (χ4n) is 6.77. The number of nitrogens with one attached hydrogen (secondary N) is 5. The van der Waals surface area contributed by atoms with Gasteiger partial charge in [-0.2, -0.15) is 5.53 Å². The van der Waals surface area contributed by atoms with Crippen molar-refractivity contribution < 1.29 is 23.8 Å². The van der Waals surface area contributed by atoms with Gasteiger partial charge in [-0.3, -0.25) is 4.79 Å². The van der Waals surface area contributed by atoms with Gasteiger partial charge in [-0.25, -0.2) is 15.2 Å². The summed E-state index contributed by atoms with van der Waals surface area (Å²) in [5.41, 5.74) is 7.45. The van der Waals surface area contributed by atoms with E-state index in [1.54, 1.807) is 0 Å². The Morgan fingerprint density at radius 1 is 0.907 bits per heavy atom. The molecule has 250 valence electrons. The van der Waals surface area contributed by atoms with Crippen molar-refractivity contribution in [1.82, 2.24) is 31.9 Å². The molecule has 43 heavy (non-hydrogen) atoms. The Bertz CT molecular complexity index is 804. The van der Waals surface area contributed by atoms with Crippen molar-refractivity contribution in [2.24, 2.45) is 11.3 Å². The predicted molar refractivity (Wildman–Crippen MR) is 169 cm³/mol. The number of carbonyl (C=O) groups excluding carboxylic acids is 2. The molecule has 0 aromatic carbocycles. The molecule has 3 amide bonds. The molecule has 2 heterocycles. The molecule has 11 heteroatoms. The Labute approximate surface area is 260 Å². The van der Waals surface area contributed by atoms with Crippen LogP contribution in [0.5, 0.6) is 0 Å². The highest BCUT2D eigenvalue weighted by molar-refractivity contribution is 5.77. The number of rotatable bonds is 19. The van der Waals surface area contributed by atoms with Crippen molar-refractivity contribution in [3.63, 3.8) is 0 Å². The van der Waals surface area contributed by atoms with Gasteiger partial charge in [-0.1, -0.05) is 65.7 Å². The van der Waals surface area contributed by atoms with E-state index >= 15 is 0 Å². The molecule has 3 atom stereocenters. The molecular weight excluding hydrogens is 548 g/mol. The van der Waals surface area contributed by atoms with Crippen LogP contribution >= 0.6 is 0 Å². The van der Waals surface area contributed by atoms with E-state index in [0.717, 1.165) is 38.8 Å². The van der Waals surface area contributed by atoms with Crippen LogP contribution in [0.2, 0.25) is 0 Å². The van der Waals surface area contributed by atoms with Crippen molar-refractivity contribution in [3.05, 3.63) is 0 Å². The Kier molecular flexibility index (Phi) is 16.0. The van der Waals surface area contributed by atoms with Crippen molar-refractivity contribution in [2.45, 2.75) is 122 Å². The monoisotopic (exact) mass is 610 g/mol. The number of hydrogen-bond donors (Lipinski definition) is 5. The van der Waals surface area contributed by atoms with Crippen LogP contribution < -0.4 is 26.9 Å². The van der Waals surface area contributed by atoms with Crippen LogP contribution in [0.4, 0.5) is 4.79 Å². The molecule has 0 radical (unpaired) electrons. The average molecular weight is 611 g/mol. The number of amides is 3. The van der Waals surface area contributed by atoms with Gasteiger partial charge >= 0.3 is 6.03 Å². The van der Waals surface area contributed by atoms with Gasteiger partial charge in [-0.05, 0) is 43.9 Å². The van der Waals surface area contributed by atoms with E-state index in [0.29, 0.717) is 58.5 Å². The lowest BCUT2D eigenvalue weighted by molar-refractivity contribution is -0.121. The molecule has 3 rings (SSSR count). The number of ether oxygens (including phenoxy) is 3. The van der Waals surface area contributed by atoms with Crippen LogP contribution in [-0.2, 0) is 19.0 Å². The number of unbranched alkanes of at least 4 members (excludes halogenated alkanes) is 2. The maximum absolute atomic E-state index is 12.0. The molecule has 1 unspecified atom stereocenters. The fraction of sp³-hybridized carbons (Fsp3) is 0.938. The van der Waals surface area contributed by atoms with Crippen LogP contribution in [0.15, 0.2) is 0 Å². The first-order valence-electron chi connectivity index (χ1n) is 17.1. The number of hydrogen-bond acceptors (Lipinski definition) is 8. The minimum Gasteiger partial charge on any atom is -0.378 e. The van der Waals surface area contributed by atoms with Crippen molar-refractivity contribution in [3.8, 4) is 0 Å². The molecule has 0 bridgehead atoms. The van der Waals surface area contributed by atoms with Crippen molar-refractivity contribution >= 4 is 11.9 Å². The van der Waals surface area contributed by atoms with Crippen molar-refractivity contribution in [2.75, 3.05) is 59.3 Å². The van der Waals surface area contributed by atoms with Crippen LogP contribution in [-0.4, -0.2) is 93.8 Å². The second kappa shape index (κ2) is 19.1. The van der Waals surface area contributed by atoms with Gasteiger partial charge in [0.15, 0.2) is 0 Å². The fourth-order valence-corrected chi connectivity index (χ4v) is 6.77. The van der Waals surface area contributed by atoms with E-state index in [-0.39, 0.29) is 35.0 Å². The number of urea groups is 1. The quantitative estimate of drug-likeness (QED) is 0.141. The predicted octanol–water partition coefficient (Wildman–Crippen LogP) is 3.64. The van der Waals surface area contributed by atoms with Crippen LogP contribution in [0.1, 0.15) is 105 Å². The topological polar surface area (TPSA) is 125 Å². The summed E-state index contributed by atoms with van der Waals surface area (Å²) in [6.45, 7) is 14.8. The molecule has 1 aliphatic carbocycles. The molecular formula is C32H62N6O5. The Morgan fingerprint density at radius 3 is 2.21 bits per heavy atom. The van der Waals surface area contributed by atoms with Gasteiger partial charge in [0.2, 0.25) is 5.91 Å². The molecule has 3 fully saturated rings. The van der Waals surface area contributed by atoms with Crippen molar-refractivity contribution in [1.29, 1.82) is 0 Å². The zero-order valence-corrected chi connectivity index (χ0v) is 27.6. The molecule has 5 N–H and O–H groups in total. The molecule has 0 aromatic heterocycles. The summed E-state index contributed by atoms with van der Waals surface area (Å²) >= 11 is 0. The lowest BCUT2D eigenvalue weighted by Gasteiger charge is -2.47. The summed E-state index contributed by atoms with van der Waals surface area (Å²) in [5.74, 6) is 0.750. The second-order valence-electron chi connectivity index (χ2n) is 13.7. The number of nitrogens with zero attached hydrogens (tertiary/aromatic N) is 1. The van der Waals surface area contributed by atoms with Gasteiger partial charge < -0.3 is 30.2 Å². The van der Waals surface area contributed by atoms with Gasteiger partial charge in [0.25, 0.3) is 0 Å². The summed E-state index contributed by atoms with van der Waals surface area (Å²) in [5, 5.41) is 11.0. The summed E-state index contributed by atoms with van der Waals surface area (Å²) in [4.78, 5) is 23.3. The SMILES string of the molecule is C[C@@H]1NC(=O)N[C@@H]1CCCCCC(=O)NCCOCCOCCOCCN1CC(C2CCCCCCC2)(C(C)(C)C)NN1. The van der Waals surface area contributed by atoms with Crippen LogP contribution in [0.3, 0.4) is 0 Å². The maximum Gasteiger partial charge on any atom is 0.315 e. The third-order valence-electron chi connectivity index (χ3n) is 9.53. The van der Waals surface area contributed by atoms with Gasteiger partial charge in [0.1, 0.15) is 0 Å². The normalized spacial score (nSPS) is 25.7. The lowest BCUT2D eigenvalue weighted by atomic mass is 9.63. The van der Waals surface area contributed by atoms with E-state index in [4.69, 9.17) is 14.2 Å². The number of carbonyl (C=O) groups is 2. The first-order valence-corrected chi connectivity index (χ1v) is 17.1. The molecule has 2 aliphatic heterocycles. The lowest BCUT2D eigenvalue weighted by Crippen LogP contribution is -2.60. The molecule has 11 nitrogen and oxygen atoms in total. The minimum atomic E-state index is -0.0825. The van der Waals surface area contributed by atoms with Crippen LogP contribution in [0, 0.1) is 11.3 Å². The molecule has 0 spiro atoms. The van der Waals surface area contributed by atoms with E-state index in [2.05, 4.69) is 52.7 Å². The van der Waals surface area contributed by atoms with Gasteiger partial charge in [0.05, 0.1) is 51.2 Å². The molecule has 0 aromatic rings. The average Bonchev–Trinajstić information content (AvgIpc) is 3.51. The van der Waals surface area contributed by atoms with E-state index in [1.807, 2.05) is 6.92 Å². The first-order chi connectivity index (χ1) is 20.7. The van der Waals surface area contributed by atoms with Crippen LogP contribution in [0.25, 0.3) is 0 Å². The van der Waals surface area contributed by atoms with E-state index in [1.165, 1.54) is 44.9 Å². The highest BCUT2D eigenvalue weighted by Crippen LogP contribution is 2.43. The zero-order chi connectivity index (χ0) is 31.0. The van der Waals surface area contributed by atoms with Gasteiger partial charge in [0, 0.05) is 32.1 Å². The first kappa shape index (κ1) is 36.0. The summed E-state index contributed by atoms with van der Waals surface area (Å²) < 4.78 is 17.0. The Hall–Kier alpha value is -1.50. The summed E-state index contributed by atoms with van der Waals surface area (Å²) in [7, 11) is 0. The second-order valence-corrected chi connectivity index (χ2v) is 13.7. The summed E-state index contributed by atoms with van der Waals surface area (Å²) in [6, 6.07) is 0.284. The number of hydrazine groups is 2. The third kappa shape index (κ3) is 12.4. The minimum absolute atomic E-state index is 0.0602. The highest BCUT2D eigenvalue weighted by Gasteiger charge is 2.51. The maximum atomic E-state index is 12.0. The molecule has 1 saturated carbocycles. The molecule has 2 saturated heterocycles. The Morgan fingerprint density at radius 2 is 1.56 bits per heavy atom. The van der Waals surface area contributed by atoms with E-state index < -0.39 is 0 Å². The van der Waals surface area contributed by atoms with E-state index in [9.17, 15) is 9.59 Å². The highest BCUT2D eigenvalue weighted by atomic mass is 16.5.